The smallest absolute Gasteiger partial charge is 0.194 e. The van der Waals surface area contributed by atoms with E-state index < -0.39 is 0 Å². The van der Waals surface area contributed by atoms with Gasteiger partial charge in [0.25, 0.3) is 0 Å². The van der Waals surface area contributed by atoms with E-state index in [-0.39, 0.29) is 0 Å². The van der Waals surface area contributed by atoms with Gasteiger partial charge in [0.1, 0.15) is 7.05 Å². The van der Waals surface area contributed by atoms with Crippen LogP contribution in [0.2, 0.25) is 0 Å². The van der Waals surface area contributed by atoms with E-state index in [1.165, 1.54) is 50.2 Å². The lowest BCUT2D eigenvalue weighted by Gasteiger charge is -2.14. The van der Waals surface area contributed by atoms with Crippen LogP contribution in [0.3, 0.4) is 0 Å². The second-order valence-corrected chi connectivity index (χ2v) is 7.41. The van der Waals surface area contributed by atoms with E-state index in [1.807, 2.05) is 0 Å². The second kappa shape index (κ2) is 6.62. The fourth-order valence-electron chi connectivity index (χ4n) is 4.31. The van der Waals surface area contributed by atoms with Crippen molar-refractivity contribution in [3.63, 3.8) is 0 Å². The van der Waals surface area contributed by atoms with Crippen molar-refractivity contribution in [2.75, 3.05) is 0 Å². The molecule has 2 aromatic carbocycles. The number of para-hydroxylation sites is 1. The highest BCUT2D eigenvalue weighted by atomic mass is 15.0. The molecule has 0 saturated carbocycles. The van der Waals surface area contributed by atoms with Crippen molar-refractivity contribution in [2.24, 2.45) is 7.05 Å². The maximum Gasteiger partial charge on any atom is 0.217 e. The topological polar surface area (TPSA) is 7.76 Å². The molecule has 2 heterocycles. The minimum Gasteiger partial charge on any atom is -0.194 e. The van der Waals surface area contributed by atoms with Gasteiger partial charge in [0.05, 0.1) is 5.56 Å². The van der Waals surface area contributed by atoms with E-state index in [4.69, 9.17) is 0 Å². The molecular formula is C25H26N2+2. The van der Waals surface area contributed by atoms with Gasteiger partial charge in [-0.1, -0.05) is 18.2 Å². The number of rotatable bonds is 2. The van der Waals surface area contributed by atoms with Crippen LogP contribution in [0.1, 0.15) is 22.4 Å². The molecule has 2 aromatic heterocycles. The van der Waals surface area contributed by atoms with Crippen molar-refractivity contribution in [3.8, 4) is 16.9 Å². The van der Waals surface area contributed by atoms with Crippen LogP contribution in [-0.2, 0) is 7.05 Å². The number of pyridine rings is 2. The average molecular weight is 354 g/mol. The third-order valence-corrected chi connectivity index (χ3v) is 5.57. The Morgan fingerprint density at radius 3 is 2.26 bits per heavy atom. The predicted octanol–water partition coefficient (Wildman–Crippen LogP) is 4.84. The molecule has 0 aliphatic heterocycles. The van der Waals surface area contributed by atoms with Crippen molar-refractivity contribution >= 4 is 10.9 Å². The van der Waals surface area contributed by atoms with Crippen LogP contribution in [0.5, 0.6) is 0 Å². The molecule has 0 aliphatic rings. The number of aryl methyl sites for hydroxylation is 4. The van der Waals surface area contributed by atoms with E-state index in [9.17, 15) is 0 Å². The maximum absolute atomic E-state index is 2.31. The third kappa shape index (κ3) is 2.82. The zero-order valence-corrected chi connectivity index (χ0v) is 16.7. The highest BCUT2D eigenvalue weighted by Gasteiger charge is 2.25. The summed E-state index contributed by atoms with van der Waals surface area (Å²) in [6, 6.07) is 21.7. The van der Waals surface area contributed by atoms with Crippen LogP contribution < -0.4 is 9.13 Å². The van der Waals surface area contributed by atoms with Crippen LogP contribution in [-0.4, -0.2) is 0 Å². The Morgan fingerprint density at radius 2 is 1.48 bits per heavy atom. The zero-order chi connectivity index (χ0) is 19.1. The van der Waals surface area contributed by atoms with Gasteiger partial charge in [-0.15, -0.1) is 0 Å². The first-order chi connectivity index (χ1) is 13.0. The Labute approximate surface area is 161 Å². The summed E-state index contributed by atoms with van der Waals surface area (Å²) in [5.41, 5.74) is 10.3. The first kappa shape index (κ1) is 17.4. The van der Waals surface area contributed by atoms with Gasteiger partial charge >= 0.3 is 0 Å². The molecule has 0 atom stereocenters. The molecule has 27 heavy (non-hydrogen) atoms. The fourth-order valence-corrected chi connectivity index (χ4v) is 4.31. The molecule has 0 radical (unpaired) electrons. The molecule has 2 heteroatoms. The van der Waals surface area contributed by atoms with Gasteiger partial charge in [-0.05, 0) is 44.5 Å². The molecule has 4 rings (SSSR count). The molecule has 0 spiro atoms. The summed E-state index contributed by atoms with van der Waals surface area (Å²) in [6.07, 6.45) is 2.16. The number of nitrogens with zero attached hydrogens (tertiary/aromatic N) is 2. The van der Waals surface area contributed by atoms with Crippen LogP contribution in [0, 0.1) is 27.7 Å². The van der Waals surface area contributed by atoms with Crippen molar-refractivity contribution in [2.45, 2.75) is 27.7 Å². The maximum atomic E-state index is 2.31. The Bertz CT molecular complexity index is 1170. The number of aromatic nitrogens is 2. The van der Waals surface area contributed by atoms with Crippen molar-refractivity contribution < 1.29 is 9.13 Å². The van der Waals surface area contributed by atoms with E-state index >= 15 is 0 Å². The van der Waals surface area contributed by atoms with Crippen LogP contribution in [0.4, 0.5) is 0 Å². The second-order valence-electron chi connectivity index (χ2n) is 7.41. The normalized spacial score (nSPS) is 11.1. The van der Waals surface area contributed by atoms with E-state index in [1.54, 1.807) is 0 Å². The predicted molar refractivity (Wildman–Crippen MR) is 111 cm³/mol. The lowest BCUT2D eigenvalue weighted by atomic mass is 9.93. The third-order valence-electron chi connectivity index (χ3n) is 5.57. The molecule has 0 fully saturated rings. The van der Waals surface area contributed by atoms with Gasteiger partial charge in [0, 0.05) is 47.7 Å². The summed E-state index contributed by atoms with van der Waals surface area (Å²) in [5, 5.41) is 1.26. The lowest BCUT2D eigenvalue weighted by molar-refractivity contribution is -0.633. The largest absolute Gasteiger partial charge is 0.217 e. The Balaban J connectivity index is 2.04. The number of fused-ring (bicyclic) bond motifs is 1. The zero-order valence-electron chi connectivity index (χ0n) is 16.7. The highest BCUT2D eigenvalue weighted by molar-refractivity contribution is 5.79. The Kier molecular flexibility index (Phi) is 4.27. The molecule has 0 amide bonds. The average Bonchev–Trinajstić information content (AvgIpc) is 2.65. The summed E-state index contributed by atoms with van der Waals surface area (Å²) >= 11 is 0. The number of benzene rings is 2. The molecular weight excluding hydrogens is 328 g/mol. The Morgan fingerprint density at radius 1 is 0.741 bits per heavy atom. The van der Waals surface area contributed by atoms with Crippen molar-refractivity contribution in [1.82, 2.24) is 0 Å². The quantitative estimate of drug-likeness (QED) is 0.455. The molecule has 0 bridgehead atoms. The molecule has 0 aliphatic carbocycles. The minimum atomic E-state index is 1.24. The molecule has 0 saturated heterocycles. The molecule has 0 unspecified atom stereocenters. The SMILES string of the molecule is Cc1cc(C)c(-[n+]2ccccc2C)c(C)c1-c1ccc2ccccc2[n+]1C. The van der Waals surface area contributed by atoms with Gasteiger partial charge in [-0.2, -0.15) is 9.13 Å². The number of hydrogen-bond donors (Lipinski definition) is 0. The summed E-state index contributed by atoms with van der Waals surface area (Å²) in [6.45, 7) is 8.84. The molecule has 4 aromatic rings. The van der Waals surface area contributed by atoms with E-state index in [0.29, 0.717) is 0 Å². The standard InChI is InChI=1S/C25H26N2/c1-17-16-18(2)25(27-15-9-8-10-19(27)3)20(4)24(17)23-14-13-21-11-6-7-12-22(21)26(23)5/h6-16H,1-5H3/q+2. The summed E-state index contributed by atoms with van der Waals surface area (Å²) in [7, 11) is 2.16. The van der Waals surface area contributed by atoms with Gasteiger partial charge in [0.15, 0.2) is 11.9 Å². The summed E-state index contributed by atoms with van der Waals surface area (Å²) in [4.78, 5) is 0. The van der Waals surface area contributed by atoms with Crippen LogP contribution in [0.15, 0.2) is 66.9 Å². The summed E-state index contributed by atoms with van der Waals surface area (Å²) in [5.74, 6) is 0. The lowest BCUT2D eigenvalue weighted by Crippen LogP contribution is -2.37. The first-order valence-electron chi connectivity index (χ1n) is 9.45. The van der Waals surface area contributed by atoms with Crippen molar-refractivity contribution in [1.29, 1.82) is 0 Å². The van der Waals surface area contributed by atoms with Gasteiger partial charge in [-0.3, -0.25) is 0 Å². The first-order valence-corrected chi connectivity index (χ1v) is 9.45. The van der Waals surface area contributed by atoms with Gasteiger partial charge in [0.2, 0.25) is 16.9 Å². The summed E-state index contributed by atoms with van der Waals surface area (Å²) < 4.78 is 4.61. The fraction of sp³-hybridized carbons (Fsp3) is 0.200. The van der Waals surface area contributed by atoms with Gasteiger partial charge < -0.3 is 0 Å². The van der Waals surface area contributed by atoms with E-state index in [2.05, 4.69) is 111 Å². The molecule has 2 nitrogen and oxygen atoms in total. The van der Waals surface area contributed by atoms with Crippen molar-refractivity contribution in [3.05, 3.63) is 89.2 Å². The highest BCUT2D eigenvalue weighted by Crippen LogP contribution is 2.31. The molecule has 134 valence electrons. The van der Waals surface area contributed by atoms with Gasteiger partial charge in [-0.25, -0.2) is 0 Å². The van der Waals surface area contributed by atoms with Crippen LogP contribution >= 0.6 is 0 Å². The molecule has 0 N–H and O–H groups in total. The van der Waals surface area contributed by atoms with Crippen LogP contribution in [0.25, 0.3) is 27.8 Å². The minimum absolute atomic E-state index is 1.24. The monoisotopic (exact) mass is 354 g/mol. The number of hydrogen-bond acceptors (Lipinski definition) is 0. The Hall–Kier alpha value is -3.00. The van der Waals surface area contributed by atoms with E-state index in [0.717, 1.165) is 0 Å².